The first kappa shape index (κ1) is 18.0. The molecular formula is C20H26N2O2S. The summed E-state index contributed by atoms with van der Waals surface area (Å²) in [5.74, 6) is 0.111. The van der Waals surface area contributed by atoms with Crippen molar-refractivity contribution in [2.75, 3.05) is 32.1 Å². The maximum Gasteiger partial charge on any atom is 0.264 e. The molecule has 1 aromatic heterocycles. The number of thiophene rings is 1. The van der Waals surface area contributed by atoms with Crippen LogP contribution in [0.25, 0.3) is 0 Å². The highest BCUT2D eigenvalue weighted by molar-refractivity contribution is 7.12. The molecule has 0 unspecified atom stereocenters. The van der Waals surface area contributed by atoms with Gasteiger partial charge in [-0.3, -0.25) is 4.79 Å². The number of amides is 1. The summed E-state index contributed by atoms with van der Waals surface area (Å²) in [6.07, 6.45) is 2.28. The molecule has 1 saturated heterocycles. The highest BCUT2D eigenvalue weighted by atomic mass is 32.1. The minimum Gasteiger partial charge on any atom is -0.378 e. The van der Waals surface area contributed by atoms with E-state index in [0.29, 0.717) is 13.1 Å². The number of aryl methyl sites for hydroxylation is 1. The average molecular weight is 359 g/mol. The first-order chi connectivity index (χ1) is 12.0. The van der Waals surface area contributed by atoms with Gasteiger partial charge in [0.25, 0.3) is 5.91 Å². The Bertz CT molecular complexity index is 703. The van der Waals surface area contributed by atoms with E-state index in [1.807, 2.05) is 37.4 Å². The Balaban J connectivity index is 1.77. The summed E-state index contributed by atoms with van der Waals surface area (Å²) in [4.78, 5) is 17.9. The number of benzene rings is 1. The number of ether oxygens (including phenoxy) is 1. The number of carbonyl (C=O) groups excluding carboxylic acids is 1. The van der Waals surface area contributed by atoms with E-state index in [4.69, 9.17) is 4.74 Å². The van der Waals surface area contributed by atoms with Crippen molar-refractivity contribution in [1.29, 1.82) is 0 Å². The Kier molecular flexibility index (Phi) is 5.76. The van der Waals surface area contributed by atoms with Crippen LogP contribution >= 0.6 is 11.3 Å². The van der Waals surface area contributed by atoms with Gasteiger partial charge in [0.05, 0.1) is 11.0 Å². The van der Waals surface area contributed by atoms with Crippen molar-refractivity contribution < 1.29 is 9.53 Å². The van der Waals surface area contributed by atoms with Crippen LogP contribution in [0.1, 0.15) is 33.6 Å². The summed E-state index contributed by atoms with van der Waals surface area (Å²) in [6, 6.07) is 10.4. The van der Waals surface area contributed by atoms with Crippen molar-refractivity contribution in [3.05, 3.63) is 51.7 Å². The first-order valence-corrected chi connectivity index (χ1v) is 9.64. The van der Waals surface area contributed by atoms with Gasteiger partial charge in [-0.2, -0.15) is 0 Å². The SMILES string of the molecule is Cc1ccsc1C(=O)N(Cc1ccc(N(C)C)cc1)C[C@@H]1CCCO1. The Labute approximate surface area is 154 Å². The number of rotatable bonds is 6. The van der Waals surface area contributed by atoms with Gasteiger partial charge in [-0.25, -0.2) is 0 Å². The molecule has 3 rings (SSSR count). The van der Waals surface area contributed by atoms with Gasteiger partial charge in [0.15, 0.2) is 0 Å². The van der Waals surface area contributed by atoms with Crippen molar-refractivity contribution in [1.82, 2.24) is 4.90 Å². The molecule has 0 spiro atoms. The Morgan fingerprint density at radius 3 is 2.56 bits per heavy atom. The van der Waals surface area contributed by atoms with Crippen LogP contribution in [0.15, 0.2) is 35.7 Å². The van der Waals surface area contributed by atoms with Crippen molar-refractivity contribution >= 4 is 22.9 Å². The van der Waals surface area contributed by atoms with Gasteiger partial charge >= 0.3 is 0 Å². The Hall–Kier alpha value is -1.85. The second kappa shape index (κ2) is 8.02. The fourth-order valence-electron chi connectivity index (χ4n) is 3.11. The van der Waals surface area contributed by atoms with Crippen LogP contribution in [-0.4, -0.2) is 44.2 Å². The molecule has 2 aromatic rings. The fraction of sp³-hybridized carbons (Fsp3) is 0.450. The third kappa shape index (κ3) is 4.41. The number of carbonyl (C=O) groups is 1. The lowest BCUT2D eigenvalue weighted by atomic mass is 10.1. The van der Waals surface area contributed by atoms with Gasteiger partial charge in [0.1, 0.15) is 0 Å². The van der Waals surface area contributed by atoms with E-state index in [9.17, 15) is 4.79 Å². The van der Waals surface area contributed by atoms with E-state index in [1.165, 1.54) is 11.3 Å². The molecule has 1 fully saturated rings. The van der Waals surface area contributed by atoms with Crippen molar-refractivity contribution in [3.8, 4) is 0 Å². The first-order valence-electron chi connectivity index (χ1n) is 8.76. The van der Waals surface area contributed by atoms with Crippen LogP contribution in [0.5, 0.6) is 0 Å². The minimum absolute atomic E-state index is 0.111. The van der Waals surface area contributed by atoms with E-state index in [-0.39, 0.29) is 12.0 Å². The zero-order valence-electron chi connectivity index (χ0n) is 15.2. The van der Waals surface area contributed by atoms with Gasteiger partial charge in [-0.05, 0) is 54.5 Å². The fourth-order valence-corrected chi connectivity index (χ4v) is 4.00. The summed E-state index contributed by atoms with van der Waals surface area (Å²) in [5, 5.41) is 1.98. The standard InChI is InChI=1S/C20H26N2O2S/c1-15-10-12-25-19(15)20(23)22(14-18-5-4-11-24-18)13-16-6-8-17(9-7-16)21(2)3/h6-10,12,18H,4-5,11,13-14H2,1-3H3/t18-/m0/s1. The molecule has 5 heteroatoms. The molecule has 134 valence electrons. The van der Waals surface area contributed by atoms with Crippen LogP contribution in [0, 0.1) is 6.92 Å². The molecule has 1 aromatic carbocycles. The normalized spacial score (nSPS) is 16.8. The summed E-state index contributed by atoms with van der Waals surface area (Å²) in [7, 11) is 4.06. The average Bonchev–Trinajstić information content (AvgIpc) is 3.25. The Morgan fingerprint density at radius 1 is 1.24 bits per heavy atom. The topological polar surface area (TPSA) is 32.8 Å². The third-order valence-corrected chi connectivity index (χ3v) is 5.62. The van der Waals surface area contributed by atoms with Crippen molar-refractivity contribution in [3.63, 3.8) is 0 Å². The van der Waals surface area contributed by atoms with Gasteiger partial charge in [0.2, 0.25) is 0 Å². The van der Waals surface area contributed by atoms with Crippen molar-refractivity contribution in [2.24, 2.45) is 0 Å². The summed E-state index contributed by atoms with van der Waals surface area (Å²) in [6.45, 7) is 4.08. The van der Waals surface area contributed by atoms with E-state index >= 15 is 0 Å². The van der Waals surface area contributed by atoms with Crippen LogP contribution in [0.2, 0.25) is 0 Å². The lowest BCUT2D eigenvalue weighted by Gasteiger charge is -2.26. The zero-order valence-corrected chi connectivity index (χ0v) is 16.0. The largest absolute Gasteiger partial charge is 0.378 e. The van der Waals surface area contributed by atoms with Gasteiger partial charge in [0, 0.05) is 39.5 Å². The van der Waals surface area contributed by atoms with Gasteiger partial charge in [-0.15, -0.1) is 11.3 Å². The molecule has 1 atom stereocenters. The number of hydrogen-bond donors (Lipinski definition) is 0. The Morgan fingerprint density at radius 2 is 2.00 bits per heavy atom. The lowest BCUT2D eigenvalue weighted by Crippen LogP contribution is -2.36. The van der Waals surface area contributed by atoms with Crippen LogP contribution < -0.4 is 4.90 Å². The molecule has 1 aliphatic heterocycles. The minimum atomic E-state index is 0.111. The maximum absolute atomic E-state index is 13.1. The highest BCUT2D eigenvalue weighted by Gasteiger charge is 2.25. The van der Waals surface area contributed by atoms with E-state index in [2.05, 4.69) is 29.2 Å². The molecule has 0 aliphatic carbocycles. The highest BCUT2D eigenvalue weighted by Crippen LogP contribution is 2.22. The predicted octanol–water partition coefficient (Wildman–Crippen LogP) is 3.94. The molecule has 1 amide bonds. The molecule has 0 radical (unpaired) electrons. The second-order valence-electron chi connectivity index (χ2n) is 6.81. The van der Waals surface area contributed by atoms with Gasteiger partial charge in [-0.1, -0.05) is 12.1 Å². The molecule has 0 N–H and O–H groups in total. The monoisotopic (exact) mass is 358 g/mol. The zero-order chi connectivity index (χ0) is 17.8. The van der Waals surface area contributed by atoms with Crippen molar-refractivity contribution in [2.45, 2.75) is 32.4 Å². The van der Waals surface area contributed by atoms with E-state index in [0.717, 1.165) is 41.1 Å². The van der Waals surface area contributed by atoms with Crippen LogP contribution in [0.3, 0.4) is 0 Å². The molecular weight excluding hydrogens is 332 g/mol. The predicted molar refractivity (Wildman–Crippen MR) is 104 cm³/mol. The number of nitrogens with zero attached hydrogens (tertiary/aromatic N) is 2. The quantitative estimate of drug-likeness (QED) is 0.784. The molecule has 0 bridgehead atoms. The molecule has 2 heterocycles. The maximum atomic E-state index is 13.1. The summed E-state index contributed by atoms with van der Waals surface area (Å²) in [5.41, 5.74) is 3.36. The lowest BCUT2D eigenvalue weighted by molar-refractivity contribution is 0.0510. The number of hydrogen-bond acceptors (Lipinski definition) is 4. The molecule has 25 heavy (non-hydrogen) atoms. The molecule has 4 nitrogen and oxygen atoms in total. The number of anilines is 1. The molecule has 0 saturated carbocycles. The third-order valence-electron chi connectivity index (χ3n) is 4.62. The van der Waals surface area contributed by atoms with E-state index < -0.39 is 0 Å². The van der Waals surface area contributed by atoms with E-state index in [1.54, 1.807) is 0 Å². The smallest absolute Gasteiger partial charge is 0.264 e. The van der Waals surface area contributed by atoms with Crippen LogP contribution in [-0.2, 0) is 11.3 Å². The summed E-state index contributed by atoms with van der Waals surface area (Å²) < 4.78 is 5.77. The second-order valence-corrected chi connectivity index (χ2v) is 7.73. The molecule has 1 aliphatic rings. The van der Waals surface area contributed by atoms with Crippen LogP contribution in [0.4, 0.5) is 5.69 Å². The summed E-state index contributed by atoms with van der Waals surface area (Å²) >= 11 is 1.52. The van der Waals surface area contributed by atoms with Gasteiger partial charge < -0.3 is 14.5 Å².